The van der Waals surface area contributed by atoms with Crippen LogP contribution in [0.2, 0.25) is 0 Å². The summed E-state index contributed by atoms with van der Waals surface area (Å²) in [6.07, 6.45) is 6.47. The summed E-state index contributed by atoms with van der Waals surface area (Å²) in [7, 11) is 0. The lowest BCUT2D eigenvalue weighted by molar-refractivity contribution is -0.125. The standard InChI is InChI=1S/C16H23N3O2/c20-16(14-5-9-21-12-14)18-11-13-4-6-17-15(10-13)19-7-2-1-3-8-19/h4,6,10,14H,1-3,5,7-9,11-12H2,(H,18,20). The van der Waals surface area contributed by atoms with Crippen molar-refractivity contribution in [2.75, 3.05) is 31.2 Å². The van der Waals surface area contributed by atoms with Crippen LogP contribution >= 0.6 is 0 Å². The van der Waals surface area contributed by atoms with Gasteiger partial charge in [0.15, 0.2) is 0 Å². The van der Waals surface area contributed by atoms with Crippen molar-refractivity contribution in [3.63, 3.8) is 0 Å². The Labute approximate surface area is 125 Å². The van der Waals surface area contributed by atoms with Crippen LogP contribution in [0.3, 0.4) is 0 Å². The largest absolute Gasteiger partial charge is 0.381 e. The average Bonchev–Trinajstić information content (AvgIpc) is 3.08. The van der Waals surface area contributed by atoms with Crippen LogP contribution in [0, 0.1) is 5.92 Å². The van der Waals surface area contributed by atoms with Crippen LogP contribution in [-0.2, 0) is 16.1 Å². The molecule has 1 amide bonds. The quantitative estimate of drug-likeness (QED) is 0.917. The molecule has 2 aliphatic rings. The summed E-state index contributed by atoms with van der Waals surface area (Å²) in [5.74, 6) is 1.16. The molecule has 2 aliphatic heterocycles. The average molecular weight is 289 g/mol. The van der Waals surface area contributed by atoms with Crippen molar-refractivity contribution in [3.8, 4) is 0 Å². The van der Waals surface area contributed by atoms with Gasteiger partial charge >= 0.3 is 0 Å². The molecule has 0 radical (unpaired) electrons. The van der Waals surface area contributed by atoms with Crippen molar-refractivity contribution in [1.82, 2.24) is 10.3 Å². The van der Waals surface area contributed by atoms with Crippen LogP contribution in [0.5, 0.6) is 0 Å². The summed E-state index contributed by atoms with van der Waals surface area (Å²) in [6.45, 7) is 4.00. The molecule has 1 atom stereocenters. The molecule has 114 valence electrons. The van der Waals surface area contributed by atoms with Gasteiger partial charge in [0.05, 0.1) is 12.5 Å². The van der Waals surface area contributed by atoms with Gasteiger partial charge in [0.25, 0.3) is 0 Å². The van der Waals surface area contributed by atoms with Crippen LogP contribution in [0.4, 0.5) is 5.82 Å². The van der Waals surface area contributed by atoms with Crippen LogP contribution in [0.1, 0.15) is 31.2 Å². The number of piperidine rings is 1. The molecule has 0 saturated carbocycles. The molecule has 0 aliphatic carbocycles. The number of nitrogens with one attached hydrogen (secondary N) is 1. The first-order chi connectivity index (χ1) is 10.3. The summed E-state index contributed by atoms with van der Waals surface area (Å²) in [5, 5.41) is 3.01. The highest BCUT2D eigenvalue weighted by Gasteiger charge is 2.23. The summed E-state index contributed by atoms with van der Waals surface area (Å²) < 4.78 is 5.25. The van der Waals surface area contributed by atoms with E-state index in [1.54, 1.807) is 0 Å². The number of carbonyl (C=O) groups excluding carboxylic acids is 1. The summed E-state index contributed by atoms with van der Waals surface area (Å²) >= 11 is 0. The van der Waals surface area contributed by atoms with Crippen LogP contribution in [0.25, 0.3) is 0 Å². The normalized spacial score (nSPS) is 22.3. The van der Waals surface area contributed by atoms with Gasteiger partial charge in [0.1, 0.15) is 5.82 Å². The van der Waals surface area contributed by atoms with Gasteiger partial charge in [-0.05, 0) is 43.4 Å². The van der Waals surface area contributed by atoms with Crippen molar-refractivity contribution >= 4 is 11.7 Å². The molecule has 5 nitrogen and oxygen atoms in total. The molecule has 3 heterocycles. The minimum absolute atomic E-state index is 0.0217. The third-order valence-corrected chi connectivity index (χ3v) is 4.26. The van der Waals surface area contributed by atoms with Gasteiger partial charge in [0.2, 0.25) is 5.91 Å². The van der Waals surface area contributed by atoms with Gasteiger partial charge in [-0.2, -0.15) is 0 Å². The van der Waals surface area contributed by atoms with Gasteiger partial charge in [-0.3, -0.25) is 4.79 Å². The summed E-state index contributed by atoms with van der Waals surface area (Å²) in [4.78, 5) is 18.8. The molecule has 1 N–H and O–H groups in total. The van der Waals surface area contributed by atoms with E-state index in [1.807, 2.05) is 12.3 Å². The molecular formula is C16H23N3O2. The molecule has 0 aromatic carbocycles. The fraction of sp³-hybridized carbons (Fsp3) is 0.625. The lowest BCUT2D eigenvalue weighted by Gasteiger charge is -2.28. The van der Waals surface area contributed by atoms with E-state index in [-0.39, 0.29) is 11.8 Å². The summed E-state index contributed by atoms with van der Waals surface area (Å²) in [5.41, 5.74) is 1.11. The van der Waals surface area contributed by atoms with Crippen molar-refractivity contribution < 1.29 is 9.53 Å². The van der Waals surface area contributed by atoms with Gasteiger partial charge in [-0.1, -0.05) is 0 Å². The predicted molar refractivity (Wildman–Crippen MR) is 81.1 cm³/mol. The first kappa shape index (κ1) is 14.3. The van der Waals surface area contributed by atoms with E-state index in [4.69, 9.17) is 4.74 Å². The Morgan fingerprint density at radius 1 is 1.38 bits per heavy atom. The third kappa shape index (κ3) is 3.73. The van der Waals surface area contributed by atoms with E-state index >= 15 is 0 Å². The molecule has 3 rings (SSSR count). The Bertz CT molecular complexity index is 480. The zero-order valence-corrected chi connectivity index (χ0v) is 12.4. The Kier molecular flexibility index (Phi) is 4.70. The highest BCUT2D eigenvalue weighted by Crippen LogP contribution is 2.18. The second kappa shape index (κ2) is 6.89. The third-order valence-electron chi connectivity index (χ3n) is 4.26. The van der Waals surface area contributed by atoms with Gasteiger partial charge in [-0.25, -0.2) is 4.98 Å². The van der Waals surface area contributed by atoms with Crippen molar-refractivity contribution in [2.24, 2.45) is 5.92 Å². The molecule has 2 saturated heterocycles. The molecule has 21 heavy (non-hydrogen) atoms. The van der Waals surface area contributed by atoms with Gasteiger partial charge < -0.3 is 15.0 Å². The number of hydrogen-bond donors (Lipinski definition) is 1. The van der Waals surface area contributed by atoms with E-state index in [2.05, 4.69) is 21.3 Å². The molecular weight excluding hydrogens is 266 g/mol. The maximum absolute atomic E-state index is 12.0. The number of ether oxygens (including phenoxy) is 1. The minimum Gasteiger partial charge on any atom is -0.381 e. The zero-order valence-electron chi connectivity index (χ0n) is 12.4. The Balaban J connectivity index is 1.56. The minimum atomic E-state index is 0.0217. The highest BCUT2D eigenvalue weighted by molar-refractivity contribution is 5.79. The summed E-state index contributed by atoms with van der Waals surface area (Å²) in [6, 6.07) is 4.07. The fourth-order valence-corrected chi connectivity index (χ4v) is 2.94. The molecule has 0 bridgehead atoms. The lowest BCUT2D eigenvalue weighted by atomic mass is 10.1. The number of hydrogen-bond acceptors (Lipinski definition) is 4. The van der Waals surface area contributed by atoms with Gasteiger partial charge in [-0.15, -0.1) is 0 Å². The SMILES string of the molecule is O=C(NCc1ccnc(N2CCCCC2)c1)C1CCOC1. The topological polar surface area (TPSA) is 54.5 Å². The van der Waals surface area contributed by atoms with Crippen molar-refractivity contribution in [3.05, 3.63) is 23.9 Å². The van der Waals surface area contributed by atoms with E-state index in [9.17, 15) is 4.79 Å². The number of carbonyl (C=O) groups is 1. The Hall–Kier alpha value is -1.62. The maximum Gasteiger partial charge on any atom is 0.225 e. The van der Waals surface area contributed by atoms with Gasteiger partial charge in [0, 0.05) is 32.4 Å². The number of pyridine rings is 1. The van der Waals surface area contributed by atoms with E-state index in [0.29, 0.717) is 19.8 Å². The van der Waals surface area contributed by atoms with Crippen LogP contribution in [0.15, 0.2) is 18.3 Å². The van der Waals surface area contributed by atoms with Crippen LogP contribution < -0.4 is 10.2 Å². The number of aromatic nitrogens is 1. The second-order valence-electron chi connectivity index (χ2n) is 5.85. The smallest absolute Gasteiger partial charge is 0.225 e. The Morgan fingerprint density at radius 2 is 2.24 bits per heavy atom. The number of anilines is 1. The lowest BCUT2D eigenvalue weighted by Crippen LogP contribution is -2.31. The highest BCUT2D eigenvalue weighted by atomic mass is 16.5. The van der Waals surface area contributed by atoms with E-state index in [0.717, 1.165) is 30.9 Å². The fourth-order valence-electron chi connectivity index (χ4n) is 2.94. The van der Waals surface area contributed by atoms with E-state index < -0.39 is 0 Å². The molecule has 5 heteroatoms. The second-order valence-corrected chi connectivity index (χ2v) is 5.85. The maximum atomic E-state index is 12.0. The molecule has 1 aromatic heterocycles. The molecule has 2 fully saturated rings. The van der Waals surface area contributed by atoms with E-state index in [1.165, 1.54) is 19.3 Å². The van der Waals surface area contributed by atoms with Crippen molar-refractivity contribution in [2.45, 2.75) is 32.2 Å². The Morgan fingerprint density at radius 3 is 3.00 bits per heavy atom. The first-order valence-corrected chi connectivity index (χ1v) is 7.88. The number of rotatable bonds is 4. The number of nitrogens with zero attached hydrogens (tertiary/aromatic N) is 2. The molecule has 0 spiro atoms. The first-order valence-electron chi connectivity index (χ1n) is 7.88. The van der Waals surface area contributed by atoms with Crippen LogP contribution in [-0.4, -0.2) is 37.2 Å². The monoisotopic (exact) mass is 289 g/mol. The molecule has 1 unspecified atom stereocenters. The number of amides is 1. The van der Waals surface area contributed by atoms with Crippen molar-refractivity contribution in [1.29, 1.82) is 0 Å². The molecule has 1 aromatic rings. The predicted octanol–water partition coefficient (Wildman–Crippen LogP) is 1.72. The zero-order chi connectivity index (χ0) is 14.5.